The van der Waals surface area contributed by atoms with E-state index in [4.69, 9.17) is 9.47 Å². The molecule has 0 heterocycles. The Kier molecular flexibility index (Phi) is 12.2. The summed E-state index contributed by atoms with van der Waals surface area (Å²) in [7, 11) is -6.66. The van der Waals surface area contributed by atoms with Crippen LogP contribution in [0, 0.1) is 10.8 Å². The Hall–Kier alpha value is -4.37. The molecule has 8 heteroatoms. The van der Waals surface area contributed by atoms with E-state index in [-0.39, 0.29) is 39.1 Å². The third-order valence-corrected chi connectivity index (χ3v) is 14.6. The Balaban J connectivity index is 1.47. The third kappa shape index (κ3) is 10.1. The number of hydrogen-bond acceptors (Lipinski definition) is 5. The molecule has 0 saturated carbocycles. The highest BCUT2D eigenvalue weighted by Gasteiger charge is 2.32. The van der Waals surface area contributed by atoms with Gasteiger partial charge in [0.2, 0.25) is 0 Å². The molecule has 0 fully saturated rings. The van der Waals surface area contributed by atoms with Crippen LogP contribution in [0.15, 0.2) is 141 Å². The summed E-state index contributed by atoms with van der Waals surface area (Å²) < 4.78 is 47.8. The predicted molar refractivity (Wildman–Crippen MR) is 225 cm³/mol. The maximum Gasteiger partial charge on any atom is 0.349 e. The molecule has 6 nitrogen and oxygen atoms in total. The Morgan fingerprint density at radius 2 is 1.22 bits per heavy atom. The van der Waals surface area contributed by atoms with Gasteiger partial charge >= 0.3 is 5.97 Å². The van der Waals surface area contributed by atoms with Gasteiger partial charge in [0, 0.05) is 10.5 Å². The van der Waals surface area contributed by atoms with Crippen molar-refractivity contribution < 1.29 is 27.2 Å². The van der Waals surface area contributed by atoms with Crippen molar-refractivity contribution >= 4 is 26.1 Å². The lowest BCUT2D eigenvalue weighted by Gasteiger charge is -2.39. The first-order chi connectivity index (χ1) is 25.6. The summed E-state index contributed by atoms with van der Waals surface area (Å²) >= 11 is 0. The Morgan fingerprint density at radius 3 is 1.78 bits per heavy atom. The summed E-state index contributed by atoms with van der Waals surface area (Å²) in [5.74, 6) is 0.362. The monoisotopic (exact) mass is 780 g/mol. The normalized spacial score (nSPS) is 14.7. The van der Waals surface area contributed by atoms with Gasteiger partial charge in [-0.15, -0.1) is 0 Å². The van der Waals surface area contributed by atoms with Gasteiger partial charge in [-0.2, -0.15) is 18.4 Å². The number of esters is 1. The van der Waals surface area contributed by atoms with E-state index >= 15 is 0 Å². The molecule has 0 aliphatic heterocycles. The molecule has 2 atom stereocenters. The summed E-state index contributed by atoms with van der Waals surface area (Å²) in [6, 6.07) is 38.4. The van der Waals surface area contributed by atoms with Crippen molar-refractivity contribution in [2.75, 3.05) is 12.9 Å². The standard InChI is InChI=1S/C47H56O6S2/c1-45(2,3)31-41(47(7,8)9)33-20-24-35(25-21-33)52-32-44(48)53-36-26-29-43(55(49,50)51)40(30-36)39-18-14-15-19-42(39)54(10,37-16-12-11-13-17-37)38-27-22-34(23-28-38)46(4,5)6/h11-30,41H,31-32H2,1-10H3,(H,49,50,51). The second-order valence-corrected chi connectivity index (χ2v) is 22.3. The van der Waals surface area contributed by atoms with Crippen molar-refractivity contribution in [1.82, 2.24) is 0 Å². The fourth-order valence-corrected chi connectivity index (χ4v) is 10.8. The summed E-state index contributed by atoms with van der Waals surface area (Å²) in [5.41, 5.74) is 3.46. The molecule has 1 N–H and O–H groups in total. The molecule has 0 aromatic heterocycles. The zero-order valence-electron chi connectivity index (χ0n) is 33.8. The van der Waals surface area contributed by atoms with E-state index < -0.39 is 26.1 Å². The van der Waals surface area contributed by atoms with Crippen LogP contribution in [0.25, 0.3) is 11.1 Å². The van der Waals surface area contributed by atoms with Crippen LogP contribution in [-0.2, 0) is 20.3 Å². The van der Waals surface area contributed by atoms with Crippen LogP contribution in [0.4, 0.5) is 0 Å². The molecule has 0 saturated heterocycles. The lowest BCUT2D eigenvalue weighted by molar-refractivity contribution is -0.136. The van der Waals surface area contributed by atoms with Crippen molar-refractivity contribution in [3.63, 3.8) is 0 Å². The fraction of sp³-hybridized carbons (Fsp3) is 0.340. The van der Waals surface area contributed by atoms with Gasteiger partial charge in [-0.25, -0.2) is 4.79 Å². The van der Waals surface area contributed by atoms with E-state index in [2.05, 4.69) is 117 Å². The van der Waals surface area contributed by atoms with Gasteiger partial charge in [0.25, 0.3) is 10.1 Å². The van der Waals surface area contributed by atoms with Crippen molar-refractivity contribution in [1.29, 1.82) is 0 Å². The molecule has 0 aliphatic carbocycles. The first-order valence-electron chi connectivity index (χ1n) is 18.7. The van der Waals surface area contributed by atoms with E-state index in [9.17, 15) is 17.8 Å². The van der Waals surface area contributed by atoms with Crippen LogP contribution in [-0.4, -0.2) is 31.8 Å². The molecule has 0 bridgehead atoms. The molecule has 5 aromatic carbocycles. The molecule has 5 rings (SSSR count). The largest absolute Gasteiger partial charge is 0.482 e. The van der Waals surface area contributed by atoms with Crippen molar-refractivity contribution in [2.24, 2.45) is 10.8 Å². The molecule has 5 aromatic rings. The molecular formula is C47H56O6S2. The van der Waals surface area contributed by atoms with Crippen LogP contribution in [0.5, 0.6) is 11.5 Å². The molecule has 0 amide bonds. The average Bonchev–Trinajstić information content (AvgIpc) is 3.12. The molecule has 0 spiro atoms. The molecule has 0 aliphatic rings. The summed E-state index contributed by atoms with van der Waals surface area (Å²) in [6.45, 7) is 19.7. The van der Waals surface area contributed by atoms with E-state index in [1.807, 2.05) is 54.6 Å². The van der Waals surface area contributed by atoms with Gasteiger partial charge in [-0.1, -0.05) is 123 Å². The van der Waals surface area contributed by atoms with E-state index in [1.54, 1.807) is 0 Å². The molecule has 2 unspecified atom stereocenters. The number of ether oxygens (including phenoxy) is 2. The quantitative estimate of drug-likeness (QED) is 0.0815. The Morgan fingerprint density at radius 1 is 0.655 bits per heavy atom. The van der Waals surface area contributed by atoms with Gasteiger partial charge in [0.05, 0.1) is 0 Å². The highest BCUT2D eigenvalue weighted by atomic mass is 32.3. The van der Waals surface area contributed by atoms with E-state index in [1.165, 1.54) is 29.3 Å². The predicted octanol–water partition coefficient (Wildman–Crippen LogP) is 12.4. The fourth-order valence-electron chi connectivity index (χ4n) is 7.00. The maximum atomic E-state index is 13.2. The van der Waals surface area contributed by atoms with Gasteiger partial charge < -0.3 is 9.47 Å². The summed E-state index contributed by atoms with van der Waals surface area (Å²) in [5, 5.41) is 0. The zero-order chi connectivity index (χ0) is 40.4. The highest BCUT2D eigenvalue weighted by Crippen LogP contribution is 2.67. The van der Waals surface area contributed by atoms with Crippen LogP contribution < -0.4 is 9.47 Å². The zero-order valence-corrected chi connectivity index (χ0v) is 35.5. The van der Waals surface area contributed by atoms with Gasteiger partial charge in [-0.3, -0.25) is 4.55 Å². The lowest BCUT2D eigenvalue weighted by Crippen LogP contribution is -2.23. The van der Waals surface area contributed by atoms with Crippen LogP contribution in [0.2, 0.25) is 0 Å². The third-order valence-electron chi connectivity index (χ3n) is 9.99. The van der Waals surface area contributed by atoms with Crippen LogP contribution in [0.1, 0.15) is 85.8 Å². The number of rotatable bonds is 11. The second kappa shape index (κ2) is 16.0. The summed E-state index contributed by atoms with van der Waals surface area (Å²) in [4.78, 5) is 15.9. The average molecular weight is 781 g/mol. The first kappa shape index (κ1) is 41.8. The van der Waals surface area contributed by atoms with Crippen LogP contribution in [0.3, 0.4) is 0 Å². The molecule has 55 heavy (non-hydrogen) atoms. The van der Waals surface area contributed by atoms with Crippen molar-refractivity contribution in [3.8, 4) is 22.6 Å². The van der Waals surface area contributed by atoms with E-state index in [0.29, 0.717) is 17.2 Å². The SMILES string of the molecule is CC(C)(C)CC(c1ccc(OCC(=O)Oc2ccc(S(=O)(=O)O)c(-c3ccccc3S(C)(c3ccccc3)c3ccc(C(C)(C)C)cc3)c2)cc1)C(C)(C)C. The smallest absolute Gasteiger partial charge is 0.349 e. The van der Waals surface area contributed by atoms with Gasteiger partial charge in [0.1, 0.15) is 16.4 Å². The molecular weight excluding hydrogens is 725 g/mol. The van der Waals surface area contributed by atoms with Crippen LogP contribution >= 0.6 is 10.0 Å². The molecule has 0 radical (unpaired) electrons. The lowest BCUT2D eigenvalue weighted by atomic mass is 9.69. The minimum Gasteiger partial charge on any atom is -0.482 e. The summed E-state index contributed by atoms with van der Waals surface area (Å²) in [6.07, 6.45) is 3.23. The van der Waals surface area contributed by atoms with Gasteiger partial charge in [-0.05, 0) is 122 Å². The Bertz CT molecular complexity index is 2210. The maximum absolute atomic E-state index is 13.2. The van der Waals surface area contributed by atoms with E-state index in [0.717, 1.165) is 21.1 Å². The minimum atomic E-state index is -4.67. The Labute approximate surface area is 330 Å². The number of carbonyl (C=O) groups excluding carboxylic acids is 1. The van der Waals surface area contributed by atoms with Crippen molar-refractivity contribution in [2.45, 2.75) is 99.6 Å². The number of benzene rings is 5. The minimum absolute atomic E-state index is 0.0332. The molecule has 292 valence electrons. The second-order valence-electron chi connectivity index (χ2n) is 17.7. The topological polar surface area (TPSA) is 89.9 Å². The van der Waals surface area contributed by atoms with Gasteiger partial charge in [0.15, 0.2) is 6.61 Å². The highest BCUT2D eigenvalue weighted by molar-refractivity contribution is 8.33. The number of hydrogen-bond donors (Lipinski definition) is 1. The first-order valence-corrected chi connectivity index (χ1v) is 22.1. The van der Waals surface area contributed by atoms with Crippen molar-refractivity contribution in [3.05, 3.63) is 132 Å². The number of carbonyl (C=O) groups is 1.